The summed E-state index contributed by atoms with van der Waals surface area (Å²) >= 11 is 0. The Labute approximate surface area is 173 Å². The van der Waals surface area contributed by atoms with Gasteiger partial charge in [-0.05, 0) is 42.5 Å². The minimum absolute atomic E-state index is 0.345. The highest BCUT2D eigenvalue weighted by atomic mass is 16.6. The molecule has 8 nitrogen and oxygen atoms in total. The van der Waals surface area contributed by atoms with Gasteiger partial charge in [-0.2, -0.15) is 0 Å². The van der Waals surface area contributed by atoms with E-state index in [2.05, 4.69) is 48.3 Å². The average Bonchev–Trinajstić information content (AvgIpc) is 3.52. The first-order chi connectivity index (χ1) is 14.7. The lowest BCUT2D eigenvalue weighted by molar-refractivity contribution is 0.215. The van der Waals surface area contributed by atoms with Crippen molar-refractivity contribution in [2.75, 3.05) is 10.6 Å². The number of amides is 1. The van der Waals surface area contributed by atoms with E-state index in [0.717, 1.165) is 11.3 Å². The molecule has 2 N–H and O–H groups in total. The maximum atomic E-state index is 12.0. The summed E-state index contributed by atoms with van der Waals surface area (Å²) in [6.45, 7) is 0.505. The van der Waals surface area contributed by atoms with Crippen LogP contribution in [-0.4, -0.2) is 25.4 Å². The first kappa shape index (κ1) is 18.1. The van der Waals surface area contributed by atoms with Gasteiger partial charge in [-0.25, -0.2) is 19.7 Å². The van der Waals surface area contributed by atoms with Gasteiger partial charge in [0.1, 0.15) is 29.4 Å². The molecular formula is C22H20N6O2. The molecule has 0 saturated heterocycles. The van der Waals surface area contributed by atoms with Crippen LogP contribution in [-0.2, 0) is 6.54 Å². The number of hydrogen-bond acceptors (Lipinski definition) is 6. The third kappa shape index (κ3) is 4.22. The van der Waals surface area contributed by atoms with Crippen molar-refractivity contribution in [3.8, 4) is 5.75 Å². The van der Waals surface area contributed by atoms with Gasteiger partial charge in [0.2, 0.25) is 0 Å². The van der Waals surface area contributed by atoms with Crippen LogP contribution in [0.15, 0.2) is 67.3 Å². The van der Waals surface area contributed by atoms with Crippen LogP contribution in [0.25, 0.3) is 5.65 Å². The Morgan fingerprint density at radius 1 is 1.07 bits per heavy atom. The Balaban J connectivity index is 1.21. The van der Waals surface area contributed by atoms with Gasteiger partial charge in [0.05, 0.1) is 12.2 Å². The zero-order chi connectivity index (χ0) is 20.3. The topological polar surface area (TPSA) is 93.4 Å². The van der Waals surface area contributed by atoms with Crippen LogP contribution >= 0.6 is 0 Å². The van der Waals surface area contributed by atoms with E-state index in [9.17, 15) is 4.79 Å². The number of ether oxygens (including phenoxy) is 1. The highest BCUT2D eigenvalue weighted by molar-refractivity contribution is 5.85. The molecule has 1 aliphatic carbocycles. The van der Waals surface area contributed by atoms with E-state index in [4.69, 9.17) is 4.74 Å². The van der Waals surface area contributed by atoms with E-state index in [1.165, 1.54) is 24.7 Å². The Bertz CT molecular complexity index is 1190. The monoisotopic (exact) mass is 400 g/mol. The minimum atomic E-state index is -0.613. The van der Waals surface area contributed by atoms with Gasteiger partial charge < -0.3 is 14.5 Å². The number of carbonyl (C=O) groups excluding carboxylic acids is 1. The van der Waals surface area contributed by atoms with Crippen molar-refractivity contribution in [1.82, 2.24) is 19.4 Å². The fourth-order valence-electron chi connectivity index (χ4n) is 3.23. The quantitative estimate of drug-likeness (QED) is 0.503. The van der Waals surface area contributed by atoms with Gasteiger partial charge in [-0.3, -0.25) is 5.32 Å². The lowest BCUT2D eigenvalue weighted by Gasteiger charge is -2.07. The van der Waals surface area contributed by atoms with Crippen molar-refractivity contribution >= 4 is 23.4 Å². The Hall–Kier alpha value is -3.94. The number of anilines is 2. The number of para-hydroxylation sites is 1. The first-order valence-electron chi connectivity index (χ1n) is 9.80. The molecule has 3 heterocycles. The van der Waals surface area contributed by atoms with Crippen LogP contribution in [0.5, 0.6) is 5.75 Å². The summed E-state index contributed by atoms with van der Waals surface area (Å²) < 4.78 is 7.28. The molecule has 0 radical (unpaired) electrons. The summed E-state index contributed by atoms with van der Waals surface area (Å²) in [5.41, 5.74) is 3.19. The molecule has 150 valence electrons. The van der Waals surface area contributed by atoms with Crippen molar-refractivity contribution in [1.29, 1.82) is 0 Å². The zero-order valence-corrected chi connectivity index (χ0v) is 16.2. The first-order valence-corrected chi connectivity index (χ1v) is 9.80. The maximum Gasteiger partial charge on any atom is 0.418 e. The molecule has 1 amide bonds. The van der Waals surface area contributed by atoms with E-state index in [1.807, 2.05) is 12.3 Å². The molecule has 8 heteroatoms. The number of carbonyl (C=O) groups is 1. The minimum Gasteiger partial charge on any atom is -0.410 e. The molecule has 1 aliphatic rings. The SMILES string of the molecule is O=C(Nc1cc(NCc2cn3cc(C4CC4)ccc3n2)ncn1)Oc1ccccc1. The molecule has 0 spiro atoms. The summed E-state index contributed by atoms with van der Waals surface area (Å²) in [6.07, 6.45) is 7.50. The fourth-order valence-corrected chi connectivity index (χ4v) is 3.23. The predicted octanol–water partition coefficient (Wildman–Crippen LogP) is 4.22. The van der Waals surface area contributed by atoms with Gasteiger partial charge in [-0.15, -0.1) is 0 Å². The molecular weight excluding hydrogens is 380 g/mol. The van der Waals surface area contributed by atoms with Crippen molar-refractivity contribution in [2.45, 2.75) is 25.3 Å². The lowest BCUT2D eigenvalue weighted by atomic mass is 10.2. The highest BCUT2D eigenvalue weighted by Crippen LogP contribution is 2.39. The van der Waals surface area contributed by atoms with Gasteiger partial charge in [0.15, 0.2) is 0 Å². The Morgan fingerprint density at radius 3 is 2.73 bits per heavy atom. The van der Waals surface area contributed by atoms with Gasteiger partial charge >= 0.3 is 6.09 Å². The second-order valence-electron chi connectivity index (χ2n) is 7.20. The number of pyridine rings is 1. The van der Waals surface area contributed by atoms with Crippen molar-refractivity contribution in [3.05, 3.63) is 78.5 Å². The van der Waals surface area contributed by atoms with Gasteiger partial charge in [-0.1, -0.05) is 24.3 Å². The summed E-state index contributed by atoms with van der Waals surface area (Å²) in [7, 11) is 0. The number of hydrogen-bond donors (Lipinski definition) is 2. The zero-order valence-electron chi connectivity index (χ0n) is 16.2. The lowest BCUT2D eigenvalue weighted by Crippen LogP contribution is -2.17. The van der Waals surface area contributed by atoms with Crippen LogP contribution < -0.4 is 15.4 Å². The highest BCUT2D eigenvalue weighted by Gasteiger charge is 2.23. The number of benzene rings is 1. The van der Waals surface area contributed by atoms with Crippen LogP contribution in [0.3, 0.4) is 0 Å². The van der Waals surface area contributed by atoms with Gasteiger partial charge in [0, 0.05) is 18.5 Å². The van der Waals surface area contributed by atoms with E-state index in [-0.39, 0.29) is 0 Å². The largest absolute Gasteiger partial charge is 0.418 e. The molecule has 0 atom stereocenters. The molecule has 0 unspecified atom stereocenters. The summed E-state index contributed by atoms with van der Waals surface area (Å²) in [5, 5.41) is 5.82. The van der Waals surface area contributed by atoms with Crippen LogP contribution in [0.2, 0.25) is 0 Å². The third-order valence-corrected chi connectivity index (χ3v) is 4.87. The molecule has 1 fully saturated rings. The average molecular weight is 400 g/mol. The normalized spacial score (nSPS) is 13.2. The van der Waals surface area contributed by atoms with E-state index in [0.29, 0.717) is 29.8 Å². The number of aromatic nitrogens is 4. The number of nitrogens with one attached hydrogen (secondary N) is 2. The Kier molecular flexibility index (Phi) is 4.72. The van der Waals surface area contributed by atoms with Gasteiger partial charge in [0.25, 0.3) is 0 Å². The molecule has 0 bridgehead atoms. The third-order valence-electron chi connectivity index (χ3n) is 4.87. The molecule has 4 aromatic rings. The molecule has 3 aromatic heterocycles. The van der Waals surface area contributed by atoms with Crippen LogP contribution in [0.1, 0.15) is 30.0 Å². The number of nitrogens with zero attached hydrogens (tertiary/aromatic N) is 4. The predicted molar refractivity (Wildman–Crippen MR) is 113 cm³/mol. The summed E-state index contributed by atoms with van der Waals surface area (Å²) in [5.74, 6) is 2.09. The summed E-state index contributed by atoms with van der Waals surface area (Å²) in [6, 6.07) is 14.7. The molecule has 0 aliphatic heterocycles. The standard InChI is InChI=1S/C22H20N6O2/c29-22(30-18-4-2-1-3-5-18)27-20-10-19(24-14-25-20)23-11-17-13-28-12-16(15-6-7-15)8-9-21(28)26-17/h1-5,8-10,12-15H,6-7,11H2,(H2,23,24,25,27,29). The second kappa shape index (κ2) is 7.82. The smallest absolute Gasteiger partial charge is 0.410 e. The van der Waals surface area contributed by atoms with Crippen molar-refractivity contribution in [3.63, 3.8) is 0 Å². The number of fused-ring (bicyclic) bond motifs is 1. The van der Waals surface area contributed by atoms with Crippen molar-refractivity contribution in [2.24, 2.45) is 0 Å². The van der Waals surface area contributed by atoms with E-state index >= 15 is 0 Å². The molecule has 1 aromatic carbocycles. The molecule has 5 rings (SSSR count). The van der Waals surface area contributed by atoms with E-state index < -0.39 is 6.09 Å². The molecule has 1 saturated carbocycles. The summed E-state index contributed by atoms with van der Waals surface area (Å²) in [4.78, 5) is 24.9. The second-order valence-corrected chi connectivity index (χ2v) is 7.20. The fraction of sp³-hybridized carbons (Fsp3) is 0.182. The number of imidazole rings is 1. The van der Waals surface area contributed by atoms with Crippen LogP contribution in [0, 0.1) is 0 Å². The van der Waals surface area contributed by atoms with Crippen LogP contribution in [0.4, 0.5) is 16.4 Å². The Morgan fingerprint density at radius 2 is 1.90 bits per heavy atom. The van der Waals surface area contributed by atoms with Crippen molar-refractivity contribution < 1.29 is 9.53 Å². The maximum absolute atomic E-state index is 12.0. The van der Waals surface area contributed by atoms with E-state index in [1.54, 1.807) is 30.3 Å². The molecule has 30 heavy (non-hydrogen) atoms. The number of rotatable bonds is 6.